The predicted octanol–water partition coefficient (Wildman–Crippen LogP) is 4.46. The van der Waals surface area contributed by atoms with Crippen LogP contribution < -0.4 is 0 Å². The van der Waals surface area contributed by atoms with E-state index in [2.05, 4.69) is 15.0 Å². The first-order chi connectivity index (χ1) is 17.0. The van der Waals surface area contributed by atoms with E-state index in [0.717, 1.165) is 5.57 Å². The van der Waals surface area contributed by atoms with Crippen LogP contribution in [0.25, 0.3) is 10.7 Å². The monoisotopic (exact) mass is 513 g/mol. The molecule has 8 nitrogen and oxygen atoms in total. The molecule has 2 N–H and O–H groups in total. The fraction of sp³-hybridized carbons (Fsp3) is 0.519. The molecule has 2 aromatic heterocycles. The van der Waals surface area contributed by atoms with Gasteiger partial charge in [-0.25, -0.2) is 4.98 Å². The van der Waals surface area contributed by atoms with Gasteiger partial charge in [-0.2, -0.15) is 0 Å². The number of Topliss-reactive ketones (excluding diaryl/α,β-unsaturated/α-hetero) is 1. The van der Waals surface area contributed by atoms with Gasteiger partial charge in [0, 0.05) is 36.0 Å². The summed E-state index contributed by atoms with van der Waals surface area (Å²) in [5, 5.41) is 24.1. The second kappa shape index (κ2) is 12.0. The lowest BCUT2D eigenvalue weighted by molar-refractivity contribution is -0.156. The van der Waals surface area contributed by atoms with E-state index in [1.54, 1.807) is 39.4 Å². The number of nitrogens with zero attached hydrogens (tertiary/aromatic N) is 3. The van der Waals surface area contributed by atoms with E-state index in [1.165, 1.54) is 11.3 Å². The van der Waals surface area contributed by atoms with Crippen LogP contribution >= 0.6 is 11.3 Å². The first-order valence-corrected chi connectivity index (χ1v) is 13.0. The number of hydrogen-bond donors (Lipinski definition) is 2. The minimum absolute atomic E-state index is 0.246. The molecule has 0 amide bonds. The predicted molar refractivity (Wildman–Crippen MR) is 138 cm³/mol. The second-order valence-electron chi connectivity index (χ2n) is 10.0. The first-order valence-electron chi connectivity index (χ1n) is 12.1. The molecule has 0 aromatic carbocycles. The number of cyclic esters (lactones) is 1. The number of allylic oxidation sites excluding steroid dienone is 2. The lowest BCUT2D eigenvalue weighted by Gasteiger charge is -2.34. The molecule has 36 heavy (non-hydrogen) atoms. The summed E-state index contributed by atoms with van der Waals surface area (Å²) < 4.78 is 5.78. The van der Waals surface area contributed by atoms with Gasteiger partial charge < -0.3 is 14.9 Å². The van der Waals surface area contributed by atoms with Crippen molar-refractivity contribution in [3.8, 4) is 10.7 Å². The number of thiazole rings is 1. The largest absolute Gasteiger partial charge is 0.455 e. The number of aliphatic hydroxyl groups excluding tert-OH is 2. The third kappa shape index (κ3) is 6.72. The number of carbonyl (C=O) groups excluding carboxylic acids is 2. The van der Waals surface area contributed by atoms with Gasteiger partial charge in [-0.05, 0) is 13.3 Å². The summed E-state index contributed by atoms with van der Waals surface area (Å²) in [7, 11) is 0. The maximum absolute atomic E-state index is 13.2. The summed E-state index contributed by atoms with van der Waals surface area (Å²) in [6.07, 6.45) is 8.57. The smallest absolute Gasteiger partial charge is 0.309 e. The molecule has 9 heteroatoms. The Balaban J connectivity index is 1.91. The Kier molecular flexibility index (Phi) is 9.27. The Morgan fingerprint density at radius 1 is 1.17 bits per heavy atom. The Labute approximate surface area is 216 Å². The van der Waals surface area contributed by atoms with Crippen LogP contribution in [0, 0.1) is 17.3 Å². The van der Waals surface area contributed by atoms with Gasteiger partial charge in [0.05, 0.1) is 35.9 Å². The van der Waals surface area contributed by atoms with Gasteiger partial charge in [0.15, 0.2) is 0 Å². The summed E-state index contributed by atoms with van der Waals surface area (Å²) in [6.45, 7) is 8.69. The highest BCUT2D eigenvalue weighted by Gasteiger charge is 2.42. The standard InChI is InChI=1S/C27H35N3O5S/c1-16-7-6-8-17(2)24(33)18(3)25(34)27(4,5)22(31)13-23(32)35-21(10-9-16)20-15-36-26(30-20)19-14-28-11-12-29-19/h6,8-9,11-12,14-15,17-18,21-22,24,31,33H,7,10,13H2,1-5H3/b8-6-,16-9-/t17-,18+,21-,22-,24+/m0/s1. The van der Waals surface area contributed by atoms with Crippen molar-refractivity contribution in [3.05, 3.63) is 53.5 Å². The Morgan fingerprint density at radius 3 is 2.61 bits per heavy atom. The number of aromatic nitrogens is 3. The first kappa shape index (κ1) is 27.8. The van der Waals surface area contributed by atoms with Crippen LogP contribution in [0.1, 0.15) is 65.7 Å². The molecule has 1 aliphatic rings. The van der Waals surface area contributed by atoms with Crippen LogP contribution in [0.15, 0.2) is 47.8 Å². The number of carbonyl (C=O) groups is 2. The molecule has 0 spiro atoms. The van der Waals surface area contributed by atoms with Crippen LogP contribution in [-0.2, 0) is 14.3 Å². The fourth-order valence-corrected chi connectivity index (χ4v) is 4.97. The third-order valence-electron chi connectivity index (χ3n) is 6.76. The van der Waals surface area contributed by atoms with E-state index in [9.17, 15) is 19.8 Å². The molecule has 0 radical (unpaired) electrons. The lowest BCUT2D eigenvalue weighted by Crippen LogP contribution is -2.45. The summed E-state index contributed by atoms with van der Waals surface area (Å²) >= 11 is 1.38. The quantitative estimate of drug-likeness (QED) is 0.446. The molecule has 2 aromatic rings. The fourth-order valence-electron chi connectivity index (χ4n) is 4.15. The van der Waals surface area contributed by atoms with E-state index in [-0.39, 0.29) is 18.1 Å². The molecule has 5 atom stereocenters. The van der Waals surface area contributed by atoms with Gasteiger partial charge in [-0.3, -0.25) is 19.6 Å². The third-order valence-corrected chi connectivity index (χ3v) is 7.64. The lowest BCUT2D eigenvalue weighted by atomic mass is 9.73. The number of ketones is 1. The summed E-state index contributed by atoms with van der Waals surface area (Å²) in [4.78, 5) is 39.1. The van der Waals surface area contributed by atoms with Crippen LogP contribution in [0.2, 0.25) is 0 Å². The average molecular weight is 514 g/mol. The van der Waals surface area contributed by atoms with Crippen molar-refractivity contribution in [2.45, 2.75) is 72.2 Å². The van der Waals surface area contributed by atoms with Gasteiger partial charge in [-0.1, -0.05) is 51.5 Å². The summed E-state index contributed by atoms with van der Waals surface area (Å²) in [5.74, 6) is -1.88. The molecule has 3 rings (SSSR count). The molecule has 0 fully saturated rings. The molecule has 3 heterocycles. The zero-order valence-corrected chi connectivity index (χ0v) is 22.2. The Bertz CT molecular complexity index is 1110. The van der Waals surface area contributed by atoms with E-state index in [0.29, 0.717) is 29.2 Å². The van der Waals surface area contributed by atoms with Gasteiger partial charge in [0.1, 0.15) is 22.6 Å². The van der Waals surface area contributed by atoms with Crippen LogP contribution in [0.5, 0.6) is 0 Å². The highest BCUT2D eigenvalue weighted by atomic mass is 32.1. The van der Waals surface area contributed by atoms with Gasteiger partial charge >= 0.3 is 5.97 Å². The Hall–Kier alpha value is -2.75. The van der Waals surface area contributed by atoms with E-state index in [4.69, 9.17) is 4.74 Å². The number of esters is 1. The Morgan fingerprint density at radius 2 is 1.92 bits per heavy atom. The summed E-state index contributed by atoms with van der Waals surface area (Å²) in [6, 6.07) is 0. The van der Waals surface area contributed by atoms with Crippen molar-refractivity contribution >= 4 is 23.1 Å². The topological polar surface area (TPSA) is 123 Å². The maximum Gasteiger partial charge on any atom is 0.309 e. The summed E-state index contributed by atoms with van der Waals surface area (Å²) in [5.41, 5.74) is 1.04. The number of ether oxygens (including phenoxy) is 1. The van der Waals surface area contributed by atoms with Crippen molar-refractivity contribution < 1.29 is 24.5 Å². The average Bonchev–Trinajstić information content (AvgIpc) is 3.35. The second-order valence-corrected chi connectivity index (χ2v) is 10.9. The van der Waals surface area contributed by atoms with E-state index >= 15 is 0 Å². The van der Waals surface area contributed by atoms with Crippen molar-refractivity contribution in [2.24, 2.45) is 17.3 Å². The molecule has 194 valence electrons. The van der Waals surface area contributed by atoms with Crippen LogP contribution in [0.4, 0.5) is 0 Å². The van der Waals surface area contributed by atoms with Crippen LogP contribution in [0.3, 0.4) is 0 Å². The minimum Gasteiger partial charge on any atom is -0.455 e. The molecule has 0 bridgehead atoms. The zero-order valence-electron chi connectivity index (χ0n) is 21.4. The molecule has 0 saturated carbocycles. The zero-order chi connectivity index (χ0) is 26.5. The molecular formula is C27H35N3O5S. The molecule has 1 aliphatic heterocycles. The van der Waals surface area contributed by atoms with E-state index < -0.39 is 35.6 Å². The highest BCUT2D eigenvalue weighted by Crippen LogP contribution is 2.33. The SMILES string of the molecule is C/C1=C/C[C@@H](c2csc(-c3cnccn3)n2)OC(=O)C[C@H](O)C(C)(C)C(=O)[C@H](C)[C@H](O)[C@@H](C)/C=C\C1. The van der Waals surface area contributed by atoms with Crippen molar-refractivity contribution in [1.29, 1.82) is 0 Å². The van der Waals surface area contributed by atoms with Gasteiger partial charge in [0.2, 0.25) is 0 Å². The molecule has 0 saturated heterocycles. The van der Waals surface area contributed by atoms with Crippen molar-refractivity contribution in [1.82, 2.24) is 15.0 Å². The molecule has 0 unspecified atom stereocenters. The number of hydrogen-bond acceptors (Lipinski definition) is 9. The molecular weight excluding hydrogens is 478 g/mol. The van der Waals surface area contributed by atoms with E-state index in [1.807, 2.05) is 37.5 Å². The number of rotatable bonds is 2. The maximum atomic E-state index is 13.2. The van der Waals surface area contributed by atoms with Gasteiger partial charge in [0.25, 0.3) is 0 Å². The van der Waals surface area contributed by atoms with Crippen LogP contribution in [-0.4, -0.2) is 49.1 Å². The highest BCUT2D eigenvalue weighted by molar-refractivity contribution is 7.13. The minimum atomic E-state index is -1.27. The normalized spacial score (nSPS) is 30.8. The number of aliphatic hydroxyl groups is 2. The van der Waals surface area contributed by atoms with Crippen molar-refractivity contribution in [3.63, 3.8) is 0 Å². The molecule has 0 aliphatic carbocycles. The van der Waals surface area contributed by atoms with Gasteiger partial charge in [-0.15, -0.1) is 11.3 Å². The van der Waals surface area contributed by atoms with Crippen molar-refractivity contribution in [2.75, 3.05) is 0 Å².